The highest BCUT2D eigenvalue weighted by Gasteiger charge is 2.38. The van der Waals surface area contributed by atoms with Crippen molar-refractivity contribution < 1.29 is 37.8 Å². The maximum atomic E-state index is 12.7. The van der Waals surface area contributed by atoms with Crippen molar-refractivity contribution >= 4 is 29.2 Å². The number of halogens is 3. The zero-order valence-corrected chi connectivity index (χ0v) is 19.4. The number of amides is 1. The summed E-state index contributed by atoms with van der Waals surface area (Å²) in [7, 11) is 0. The number of carboxylic acids is 2. The Morgan fingerprint density at radius 1 is 1.03 bits per heavy atom. The molecule has 2 aromatic carbocycles. The Balaban J connectivity index is 0.000000572. The summed E-state index contributed by atoms with van der Waals surface area (Å²) in [4.78, 5) is 37.4. The molecule has 0 bridgehead atoms. The zero-order valence-electron chi connectivity index (χ0n) is 19.4. The smallest absolute Gasteiger partial charge is 0.478 e. The van der Waals surface area contributed by atoms with Gasteiger partial charge < -0.3 is 20.4 Å². The molecule has 1 aliphatic heterocycles. The Bertz CT molecular complexity index is 1140. The number of nitrogens with zero attached hydrogens (tertiary/aromatic N) is 3. The monoisotopic (exact) mass is 506 g/mol. The first-order valence-electron chi connectivity index (χ1n) is 10.8. The van der Waals surface area contributed by atoms with Crippen molar-refractivity contribution in [3.8, 4) is 6.07 Å². The third kappa shape index (κ3) is 8.28. The van der Waals surface area contributed by atoms with Gasteiger partial charge in [-0.3, -0.25) is 9.69 Å². The maximum absolute atomic E-state index is 12.7. The molecule has 0 spiro atoms. The highest BCUT2D eigenvalue weighted by Crippen LogP contribution is 2.29. The summed E-state index contributed by atoms with van der Waals surface area (Å²) in [6, 6.07) is 14.2. The highest BCUT2D eigenvalue weighted by atomic mass is 19.4. The minimum Gasteiger partial charge on any atom is -0.478 e. The van der Waals surface area contributed by atoms with Crippen molar-refractivity contribution in [2.75, 3.05) is 42.9 Å². The molecule has 2 aromatic rings. The lowest BCUT2D eigenvalue weighted by Crippen LogP contribution is -2.46. The number of aliphatic carboxylic acids is 1. The number of piperazine rings is 1. The Morgan fingerprint density at radius 3 is 2.19 bits per heavy atom. The number of carbonyl (C=O) groups excluding carboxylic acids is 1. The van der Waals surface area contributed by atoms with Gasteiger partial charge in [-0.2, -0.15) is 18.4 Å². The first-order valence-corrected chi connectivity index (χ1v) is 10.8. The maximum Gasteiger partial charge on any atom is 0.490 e. The topological polar surface area (TPSA) is 134 Å². The average molecular weight is 506 g/mol. The van der Waals surface area contributed by atoms with Gasteiger partial charge in [0.25, 0.3) is 5.91 Å². The summed E-state index contributed by atoms with van der Waals surface area (Å²) in [5.41, 5.74) is 2.92. The molecule has 9 nitrogen and oxygen atoms in total. The third-order valence-corrected chi connectivity index (χ3v) is 5.27. The van der Waals surface area contributed by atoms with Gasteiger partial charge in [-0.15, -0.1) is 0 Å². The second-order valence-corrected chi connectivity index (χ2v) is 7.90. The van der Waals surface area contributed by atoms with Crippen molar-refractivity contribution in [2.24, 2.45) is 0 Å². The summed E-state index contributed by atoms with van der Waals surface area (Å²) in [5.74, 6) is -4.07. The Kier molecular flexibility index (Phi) is 9.81. The van der Waals surface area contributed by atoms with Gasteiger partial charge in [-0.25, -0.2) is 9.59 Å². The van der Waals surface area contributed by atoms with E-state index >= 15 is 0 Å². The van der Waals surface area contributed by atoms with Crippen molar-refractivity contribution in [2.45, 2.75) is 19.5 Å². The van der Waals surface area contributed by atoms with Crippen LogP contribution in [0.5, 0.6) is 0 Å². The molecule has 0 unspecified atom stereocenters. The summed E-state index contributed by atoms with van der Waals surface area (Å²) in [6.45, 7) is 5.77. The van der Waals surface area contributed by atoms with E-state index in [-0.39, 0.29) is 11.5 Å². The number of alkyl halides is 3. The predicted molar refractivity (Wildman–Crippen MR) is 125 cm³/mol. The van der Waals surface area contributed by atoms with E-state index in [0.717, 1.165) is 44.0 Å². The predicted octanol–water partition coefficient (Wildman–Crippen LogP) is 3.61. The number of rotatable bonds is 6. The minimum atomic E-state index is -5.08. The van der Waals surface area contributed by atoms with Gasteiger partial charge in [0.15, 0.2) is 0 Å². The molecule has 1 saturated heterocycles. The summed E-state index contributed by atoms with van der Waals surface area (Å²) in [6.07, 6.45) is -4.58. The molecule has 1 aliphatic rings. The number of aryl methyl sites for hydroxylation is 1. The summed E-state index contributed by atoms with van der Waals surface area (Å²) >= 11 is 0. The Morgan fingerprint density at radius 2 is 1.67 bits per heavy atom. The fourth-order valence-electron chi connectivity index (χ4n) is 3.45. The van der Waals surface area contributed by atoms with Gasteiger partial charge in [-0.05, 0) is 37.3 Å². The van der Waals surface area contributed by atoms with Gasteiger partial charge in [0, 0.05) is 44.7 Å². The second-order valence-electron chi connectivity index (χ2n) is 7.90. The molecule has 1 fully saturated rings. The molecule has 3 rings (SSSR count). The van der Waals surface area contributed by atoms with Crippen molar-refractivity contribution in [3.05, 3.63) is 59.2 Å². The van der Waals surface area contributed by atoms with Crippen LogP contribution in [-0.4, -0.2) is 71.9 Å². The van der Waals surface area contributed by atoms with Crippen LogP contribution in [0.25, 0.3) is 0 Å². The van der Waals surface area contributed by atoms with Crippen LogP contribution in [0.15, 0.2) is 42.5 Å². The fourth-order valence-corrected chi connectivity index (χ4v) is 3.45. The first kappa shape index (κ1) is 28.1. The number of carboxylic acid groups (broad SMARTS) is 2. The number of nitrogens with one attached hydrogen (secondary N) is 1. The standard InChI is InChI=1S/C22H24N4O3.C2HF3O2/c1-16-4-2-5-17(14-16)21(27)24-19-15-18(22(28)29)6-7-20(19)26-12-10-25(11-13-26)9-3-8-23;3-2(4,5)1(6)7/h2,4-7,14-15H,3,9-13H2,1H3,(H,24,27)(H,28,29);(H,6,7). The van der Waals surface area contributed by atoms with Crippen molar-refractivity contribution in [1.29, 1.82) is 5.26 Å². The molecule has 36 heavy (non-hydrogen) atoms. The third-order valence-electron chi connectivity index (χ3n) is 5.27. The van der Waals surface area contributed by atoms with Crippen LogP contribution in [0.1, 0.15) is 32.7 Å². The molecule has 3 N–H and O–H groups in total. The fraction of sp³-hybridized carbons (Fsp3) is 0.333. The van der Waals surface area contributed by atoms with Gasteiger partial charge in [0.1, 0.15) is 0 Å². The highest BCUT2D eigenvalue weighted by molar-refractivity contribution is 6.06. The van der Waals surface area contributed by atoms with E-state index < -0.39 is 18.1 Å². The van der Waals surface area contributed by atoms with Crippen molar-refractivity contribution in [1.82, 2.24) is 4.90 Å². The lowest BCUT2D eigenvalue weighted by atomic mass is 10.1. The van der Waals surface area contributed by atoms with Crippen LogP contribution in [0.4, 0.5) is 24.5 Å². The quantitative estimate of drug-likeness (QED) is 0.541. The van der Waals surface area contributed by atoms with Crippen LogP contribution >= 0.6 is 0 Å². The summed E-state index contributed by atoms with van der Waals surface area (Å²) < 4.78 is 31.7. The number of nitriles is 1. The minimum absolute atomic E-state index is 0.126. The van der Waals surface area contributed by atoms with Crippen LogP contribution < -0.4 is 10.2 Å². The van der Waals surface area contributed by atoms with E-state index in [1.54, 1.807) is 24.3 Å². The Hall–Kier alpha value is -4.11. The first-order chi connectivity index (χ1) is 16.9. The SMILES string of the molecule is Cc1cccc(C(=O)Nc2cc(C(=O)O)ccc2N2CCN(CCC#N)CC2)c1.O=C(O)C(F)(F)F. The zero-order chi connectivity index (χ0) is 26.9. The number of aromatic carboxylic acids is 1. The van der Waals surface area contributed by atoms with Crippen LogP contribution in [0, 0.1) is 18.3 Å². The molecule has 192 valence electrons. The molecule has 0 aliphatic carbocycles. The lowest BCUT2D eigenvalue weighted by Gasteiger charge is -2.36. The number of anilines is 2. The largest absolute Gasteiger partial charge is 0.490 e. The Labute approximate surface area is 205 Å². The van der Waals surface area contributed by atoms with E-state index in [9.17, 15) is 27.9 Å². The van der Waals surface area contributed by atoms with E-state index in [1.807, 2.05) is 19.1 Å². The van der Waals surface area contributed by atoms with E-state index in [2.05, 4.69) is 21.2 Å². The van der Waals surface area contributed by atoms with E-state index in [4.69, 9.17) is 15.2 Å². The molecule has 12 heteroatoms. The molecule has 1 amide bonds. The van der Waals surface area contributed by atoms with Crippen LogP contribution in [0.2, 0.25) is 0 Å². The normalized spacial score (nSPS) is 13.7. The molecule has 0 saturated carbocycles. The van der Waals surface area contributed by atoms with Crippen molar-refractivity contribution in [3.63, 3.8) is 0 Å². The number of hydrogen-bond acceptors (Lipinski definition) is 6. The van der Waals surface area contributed by atoms with Gasteiger partial charge in [-0.1, -0.05) is 17.7 Å². The van der Waals surface area contributed by atoms with Crippen LogP contribution in [0.3, 0.4) is 0 Å². The van der Waals surface area contributed by atoms with E-state index in [0.29, 0.717) is 17.7 Å². The average Bonchev–Trinajstić information content (AvgIpc) is 2.83. The lowest BCUT2D eigenvalue weighted by molar-refractivity contribution is -0.192. The van der Waals surface area contributed by atoms with Crippen LogP contribution in [-0.2, 0) is 4.79 Å². The molecule has 1 heterocycles. The number of hydrogen-bond donors (Lipinski definition) is 3. The molecule has 0 atom stereocenters. The molecule has 0 radical (unpaired) electrons. The molecular formula is C24H25F3N4O5. The number of benzene rings is 2. The second kappa shape index (κ2) is 12.6. The van der Waals surface area contributed by atoms with E-state index in [1.165, 1.54) is 6.07 Å². The number of carbonyl (C=O) groups is 3. The van der Waals surface area contributed by atoms with Gasteiger partial charge in [0.05, 0.1) is 23.0 Å². The molecular weight excluding hydrogens is 481 g/mol. The van der Waals surface area contributed by atoms with Gasteiger partial charge in [0.2, 0.25) is 0 Å². The molecule has 0 aromatic heterocycles. The van der Waals surface area contributed by atoms with Gasteiger partial charge >= 0.3 is 18.1 Å². The summed E-state index contributed by atoms with van der Waals surface area (Å²) in [5, 5.41) is 28.1.